The molecule has 1 saturated carbocycles. The van der Waals surface area contributed by atoms with Crippen molar-refractivity contribution >= 4 is 11.7 Å². The van der Waals surface area contributed by atoms with Gasteiger partial charge in [0.1, 0.15) is 0 Å². The maximum absolute atomic E-state index is 11.5. The van der Waals surface area contributed by atoms with Gasteiger partial charge in [0, 0.05) is 25.7 Å². The fraction of sp³-hybridized carbons (Fsp3) is 0.643. The van der Waals surface area contributed by atoms with E-state index < -0.39 is 0 Å². The Bertz CT molecular complexity index is 439. The van der Waals surface area contributed by atoms with E-state index in [1.165, 1.54) is 0 Å². The lowest BCUT2D eigenvalue weighted by Gasteiger charge is -2.36. The Kier molecular flexibility index (Phi) is 4.89. The summed E-state index contributed by atoms with van der Waals surface area (Å²) in [5.41, 5.74) is 6.30. The van der Waals surface area contributed by atoms with Crippen LogP contribution in [-0.4, -0.2) is 41.8 Å². The summed E-state index contributed by atoms with van der Waals surface area (Å²) in [5, 5.41) is 10.7. The predicted molar refractivity (Wildman–Crippen MR) is 78.7 cm³/mol. The first kappa shape index (κ1) is 14.7. The van der Waals surface area contributed by atoms with E-state index in [1.807, 2.05) is 6.07 Å². The van der Waals surface area contributed by atoms with Crippen LogP contribution in [0.3, 0.4) is 0 Å². The van der Waals surface area contributed by atoms with Crippen LogP contribution < -0.4 is 16.0 Å². The first-order valence-electron chi connectivity index (χ1n) is 7.23. The van der Waals surface area contributed by atoms with E-state index >= 15 is 0 Å². The van der Waals surface area contributed by atoms with Crippen LogP contribution in [0.4, 0.5) is 5.82 Å². The van der Waals surface area contributed by atoms with Gasteiger partial charge in [0.2, 0.25) is 0 Å². The van der Waals surface area contributed by atoms with Crippen LogP contribution >= 0.6 is 0 Å². The van der Waals surface area contributed by atoms with Crippen LogP contribution in [0.15, 0.2) is 12.1 Å². The highest BCUT2D eigenvalue weighted by atomic mass is 16.1. The molecule has 0 aliphatic heterocycles. The van der Waals surface area contributed by atoms with Gasteiger partial charge in [-0.15, -0.1) is 10.2 Å². The van der Waals surface area contributed by atoms with Gasteiger partial charge < -0.3 is 16.0 Å². The van der Waals surface area contributed by atoms with Crippen molar-refractivity contribution < 1.29 is 4.79 Å². The SMILES string of the molecule is CCN(c1ccc(C(=O)NC)nn1)C1CCC(N)CC1. The summed E-state index contributed by atoms with van der Waals surface area (Å²) >= 11 is 0. The summed E-state index contributed by atoms with van der Waals surface area (Å²) in [7, 11) is 1.58. The Morgan fingerprint density at radius 1 is 1.35 bits per heavy atom. The monoisotopic (exact) mass is 277 g/mol. The zero-order valence-electron chi connectivity index (χ0n) is 12.2. The van der Waals surface area contributed by atoms with Crippen LogP contribution in [0.5, 0.6) is 0 Å². The number of nitrogens with one attached hydrogen (secondary N) is 1. The Labute approximate surface area is 119 Å². The van der Waals surface area contributed by atoms with E-state index in [2.05, 4.69) is 27.3 Å². The highest BCUT2D eigenvalue weighted by Crippen LogP contribution is 2.25. The largest absolute Gasteiger partial charge is 0.354 e. The lowest BCUT2D eigenvalue weighted by atomic mass is 9.91. The normalized spacial score (nSPS) is 22.4. The Morgan fingerprint density at radius 2 is 2.05 bits per heavy atom. The minimum absolute atomic E-state index is 0.212. The van der Waals surface area contributed by atoms with Crippen molar-refractivity contribution in [2.45, 2.75) is 44.7 Å². The van der Waals surface area contributed by atoms with Gasteiger partial charge in [0.15, 0.2) is 11.5 Å². The fourth-order valence-electron chi connectivity index (χ4n) is 2.75. The third-order valence-electron chi connectivity index (χ3n) is 3.93. The molecule has 6 nitrogen and oxygen atoms in total. The molecule has 1 aromatic heterocycles. The van der Waals surface area contributed by atoms with Crippen molar-refractivity contribution in [1.82, 2.24) is 15.5 Å². The molecule has 3 N–H and O–H groups in total. The summed E-state index contributed by atoms with van der Waals surface area (Å²) in [6.45, 7) is 3.00. The molecule has 0 bridgehead atoms. The van der Waals surface area contributed by atoms with Crippen molar-refractivity contribution in [3.05, 3.63) is 17.8 Å². The zero-order chi connectivity index (χ0) is 14.5. The number of nitrogens with zero attached hydrogens (tertiary/aromatic N) is 3. The van der Waals surface area contributed by atoms with Crippen molar-refractivity contribution in [2.24, 2.45) is 5.73 Å². The van der Waals surface area contributed by atoms with E-state index in [1.54, 1.807) is 13.1 Å². The minimum Gasteiger partial charge on any atom is -0.354 e. The summed E-state index contributed by atoms with van der Waals surface area (Å²) in [4.78, 5) is 13.7. The molecule has 0 aromatic carbocycles. The Balaban J connectivity index is 2.09. The zero-order valence-corrected chi connectivity index (χ0v) is 12.2. The standard InChI is InChI=1S/C14H23N5O/c1-3-19(11-6-4-10(15)5-7-11)13-9-8-12(17-18-13)14(20)16-2/h8-11H,3-7,15H2,1-2H3,(H,16,20). The molecular weight excluding hydrogens is 254 g/mol. The molecule has 0 saturated heterocycles. The quantitative estimate of drug-likeness (QED) is 0.855. The number of hydrogen-bond acceptors (Lipinski definition) is 5. The average Bonchev–Trinajstić information content (AvgIpc) is 2.50. The number of carbonyl (C=O) groups is 1. The Hall–Kier alpha value is -1.69. The smallest absolute Gasteiger partial charge is 0.271 e. The van der Waals surface area contributed by atoms with Crippen LogP contribution in [0, 0.1) is 0 Å². The van der Waals surface area contributed by atoms with Crippen LogP contribution in [0.2, 0.25) is 0 Å². The van der Waals surface area contributed by atoms with Crippen molar-refractivity contribution in [2.75, 3.05) is 18.5 Å². The van der Waals surface area contributed by atoms with Gasteiger partial charge in [-0.05, 0) is 44.7 Å². The van der Waals surface area contributed by atoms with Crippen molar-refractivity contribution in [1.29, 1.82) is 0 Å². The Morgan fingerprint density at radius 3 is 2.55 bits per heavy atom. The highest BCUT2D eigenvalue weighted by Gasteiger charge is 2.24. The number of hydrogen-bond donors (Lipinski definition) is 2. The summed E-state index contributed by atoms with van der Waals surface area (Å²) < 4.78 is 0. The van der Waals surface area contributed by atoms with Crippen molar-refractivity contribution in [3.63, 3.8) is 0 Å². The third kappa shape index (κ3) is 3.25. The summed E-state index contributed by atoms with van der Waals surface area (Å²) in [6, 6.07) is 4.40. The predicted octanol–water partition coefficient (Wildman–Crippen LogP) is 0.932. The van der Waals surface area contributed by atoms with E-state index in [-0.39, 0.29) is 5.91 Å². The van der Waals surface area contributed by atoms with Gasteiger partial charge in [0.05, 0.1) is 0 Å². The molecule has 0 atom stereocenters. The molecular formula is C14H23N5O. The van der Waals surface area contributed by atoms with E-state index in [4.69, 9.17) is 5.73 Å². The fourth-order valence-corrected chi connectivity index (χ4v) is 2.75. The number of rotatable bonds is 4. The molecule has 0 spiro atoms. The molecule has 1 amide bonds. The number of nitrogens with two attached hydrogens (primary N) is 1. The summed E-state index contributed by atoms with van der Waals surface area (Å²) in [5.74, 6) is 0.622. The molecule has 6 heteroatoms. The van der Waals surface area contributed by atoms with Gasteiger partial charge in [0.25, 0.3) is 5.91 Å². The third-order valence-corrected chi connectivity index (χ3v) is 3.93. The molecule has 0 unspecified atom stereocenters. The first-order valence-corrected chi connectivity index (χ1v) is 7.23. The molecule has 0 radical (unpaired) electrons. The van der Waals surface area contributed by atoms with Crippen molar-refractivity contribution in [3.8, 4) is 0 Å². The molecule has 2 rings (SSSR count). The topological polar surface area (TPSA) is 84.1 Å². The first-order chi connectivity index (χ1) is 9.65. The second kappa shape index (κ2) is 6.65. The molecule has 1 heterocycles. The minimum atomic E-state index is -0.212. The van der Waals surface area contributed by atoms with E-state index in [0.717, 1.165) is 38.0 Å². The van der Waals surface area contributed by atoms with Crippen LogP contribution in [0.1, 0.15) is 43.1 Å². The second-order valence-electron chi connectivity index (χ2n) is 5.21. The number of anilines is 1. The maximum atomic E-state index is 11.5. The lowest BCUT2D eigenvalue weighted by Crippen LogP contribution is -2.41. The molecule has 110 valence electrons. The number of amides is 1. The molecule has 1 aliphatic carbocycles. The van der Waals surface area contributed by atoms with Gasteiger partial charge in [-0.1, -0.05) is 0 Å². The molecule has 1 aromatic rings. The van der Waals surface area contributed by atoms with Gasteiger partial charge in [-0.2, -0.15) is 0 Å². The van der Waals surface area contributed by atoms with Crippen LogP contribution in [0.25, 0.3) is 0 Å². The molecule has 1 fully saturated rings. The van der Waals surface area contributed by atoms with E-state index in [0.29, 0.717) is 17.8 Å². The van der Waals surface area contributed by atoms with Gasteiger partial charge in [-0.3, -0.25) is 4.79 Å². The van der Waals surface area contributed by atoms with Crippen LogP contribution in [-0.2, 0) is 0 Å². The van der Waals surface area contributed by atoms with Gasteiger partial charge in [-0.25, -0.2) is 0 Å². The highest BCUT2D eigenvalue weighted by molar-refractivity contribution is 5.91. The van der Waals surface area contributed by atoms with E-state index in [9.17, 15) is 4.79 Å². The summed E-state index contributed by atoms with van der Waals surface area (Å²) in [6.07, 6.45) is 4.30. The number of aromatic nitrogens is 2. The molecule has 20 heavy (non-hydrogen) atoms. The average molecular weight is 277 g/mol. The molecule has 1 aliphatic rings. The maximum Gasteiger partial charge on any atom is 0.271 e. The lowest BCUT2D eigenvalue weighted by molar-refractivity contribution is 0.0957. The number of carbonyl (C=O) groups excluding carboxylic acids is 1. The van der Waals surface area contributed by atoms with Gasteiger partial charge >= 0.3 is 0 Å². The second-order valence-corrected chi connectivity index (χ2v) is 5.21.